The van der Waals surface area contributed by atoms with Crippen molar-refractivity contribution in [3.8, 4) is 5.75 Å². The van der Waals surface area contributed by atoms with Gasteiger partial charge in [-0.05, 0) is 42.7 Å². The summed E-state index contributed by atoms with van der Waals surface area (Å²) in [6, 6.07) is 17.2. The molecule has 0 heterocycles. The first kappa shape index (κ1) is 15.1. The predicted octanol–water partition coefficient (Wildman–Crippen LogP) is 4.00. The van der Waals surface area contributed by atoms with Crippen LogP contribution in [0, 0.1) is 0 Å². The first-order valence-corrected chi connectivity index (χ1v) is 8.08. The number of aryl methyl sites for hydroxylation is 1. The highest BCUT2D eigenvalue weighted by Crippen LogP contribution is 2.20. The molecule has 0 fully saturated rings. The second-order valence-electron chi connectivity index (χ2n) is 4.41. The van der Waals surface area contributed by atoms with Crippen LogP contribution in [0.2, 0.25) is 0 Å². The van der Waals surface area contributed by atoms with Crippen molar-refractivity contribution >= 4 is 22.4 Å². The van der Waals surface area contributed by atoms with E-state index >= 15 is 0 Å². The van der Waals surface area contributed by atoms with Gasteiger partial charge < -0.3 is 4.74 Å². The second-order valence-corrected chi connectivity index (χ2v) is 6.83. The monoisotopic (exact) mass is 308 g/mol. The van der Waals surface area contributed by atoms with E-state index < -0.39 is 10.8 Å². The highest BCUT2D eigenvalue weighted by Gasteiger charge is 2.15. The summed E-state index contributed by atoms with van der Waals surface area (Å²) >= 11 is 6.25. The summed E-state index contributed by atoms with van der Waals surface area (Å²) in [5, 5.41) is 0. The molecular formula is C16H17ClO2S. The lowest BCUT2D eigenvalue weighted by molar-refractivity contribution is 0.414. The number of hydrogen-bond donors (Lipinski definition) is 0. The molecule has 20 heavy (non-hydrogen) atoms. The molecule has 0 N–H and O–H groups in total. The van der Waals surface area contributed by atoms with Crippen molar-refractivity contribution in [3.05, 3.63) is 60.2 Å². The number of rotatable bonds is 6. The van der Waals surface area contributed by atoms with E-state index in [0.717, 1.165) is 17.1 Å². The zero-order valence-electron chi connectivity index (χ0n) is 11.3. The summed E-state index contributed by atoms with van der Waals surface area (Å²) in [4.78, 5) is 0.780. The molecule has 0 radical (unpaired) electrons. The lowest BCUT2D eigenvalue weighted by atomic mass is 10.1. The molecule has 0 amide bonds. The Morgan fingerprint density at radius 3 is 2.35 bits per heavy atom. The van der Waals surface area contributed by atoms with Gasteiger partial charge in [0.05, 0.1) is 17.9 Å². The van der Waals surface area contributed by atoms with Gasteiger partial charge in [0, 0.05) is 4.90 Å². The van der Waals surface area contributed by atoms with Crippen molar-refractivity contribution in [2.45, 2.75) is 22.4 Å². The van der Waals surface area contributed by atoms with Crippen LogP contribution in [0.15, 0.2) is 59.5 Å². The van der Waals surface area contributed by atoms with Gasteiger partial charge in [-0.1, -0.05) is 30.3 Å². The van der Waals surface area contributed by atoms with E-state index in [1.165, 1.54) is 5.56 Å². The minimum atomic E-state index is -1.17. The van der Waals surface area contributed by atoms with Gasteiger partial charge in [0.15, 0.2) is 0 Å². The van der Waals surface area contributed by atoms with E-state index in [0.29, 0.717) is 6.42 Å². The third kappa shape index (κ3) is 4.09. The molecule has 0 spiro atoms. The standard InChI is InChI=1S/C16H17ClO2S/c1-19-14-10-7-13(8-11-14)9-12-16(17)20(18)15-5-3-2-4-6-15/h2-8,10-11,16H,9,12H2,1H3. The first-order chi connectivity index (χ1) is 9.70. The molecule has 0 aromatic heterocycles. The van der Waals surface area contributed by atoms with E-state index in [2.05, 4.69) is 0 Å². The minimum absolute atomic E-state index is 0.375. The maximum atomic E-state index is 12.2. The van der Waals surface area contributed by atoms with E-state index in [4.69, 9.17) is 16.3 Å². The SMILES string of the molecule is COc1ccc(CCC(Cl)S(=O)c2ccccc2)cc1. The molecule has 0 aliphatic rings. The summed E-state index contributed by atoms with van der Waals surface area (Å²) < 4.78 is 17.0. The lowest BCUT2D eigenvalue weighted by Crippen LogP contribution is -2.09. The van der Waals surface area contributed by atoms with Crippen molar-refractivity contribution in [1.29, 1.82) is 0 Å². The molecular weight excluding hydrogens is 292 g/mol. The fourth-order valence-corrected chi connectivity index (χ4v) is 3.35. The van der Waals surface area contributed by atoms with Gasteiger partial charge in [-0.15, -0.1) is 11.6 Å². The number of alkyl halides is 1. The average molecular weight is 309 g/mol. The van der Waals surface area contributed by atoms with E-state index in [-0.39, 0.29) is 4.71 Å². The van der Waals surface area contributed by atoms with Crippen LogP contribution in [-0.4, -0.2) is 16.0 Å². The molecule has 2 unspecified atom stereocenters. The Balaban J connectivity index is 1.91. The van der Waals surface area contributed by atoms with Crippen LogP contribution in [0.25, 0.3) is 0 Å². The molecule has 0 saturated heterocycles. The zero-order valence-corrected chi connectivity index (χ0v) is 12.9. The Hall–Kier alpha value is -1.32. The maximum Gasteiger partial charge on any atom is 0.118 e. The largest absolute Gasteiger partial charge is 0.497 e. The Kier molecular flexibility index (Phi) is 5.62. The average Bonchev–Trinajstić information content (AvgIpc) is 2.53. The number of ether oxygens (including phenoxy) is 1. The van der Waals surface area contributed by atoms with E-state index in [1.54, 1.807) is 7.11 Å². The Labute approximate surface area is 127 Å². The summed E-state index contributed by atoms with van der Waals surface area (Å²) in [6.45, 7) is 0. The molecule has 0 aliphatic carbocycles. The van der Waals surface area contributed by atoms with Crippen molar-refractivity contribution in [2.24, 2.45) is 0 Å². The summed E-state index contributed by atoms with van der Waals surface area (Å²) in [6.07, 6.45) is 1.48. The van der Waals surface area contributed by atoms with Crippen molar-refractivity contribution in [2.75, 3.05) is 7.11 Å². The third-order valence-electron chi connectivity index (χ3n) is 3.03. The normalized spacial score (nSPS) is 13.7. The quantitative estimate of drug-likeness (QED) is 0.754. The molecule has 0 saturated carbocycles. The fraction of sp³-hybridized carbons (Fsp3) is 0.250. The van der Waals surface area contributed by atoms with Crippen LogP contribution < -0.4 is 4.74 Å². The highest BCUT2D eigenvalue weighted by molar-refractivity contribution is 7.87. The highest BCUT2D eigenvalue weighted by atomic mass is 35.5. The van der Waals surface area contributed by atoms with Crippen molar-refractivity contribution in [1.82, 2.24) is 0 Å². The van der Waals surface area contributed by atoms with Crippen LogP contribution in [-0.2, 0) is 17.2 Å². The number of benzene rings is 2. The van der Waals surface area contributed by atoms with Gasteiger partial charge in [-0.25, -0.2) is 0 Å². The molecule has 0 bridgehead atoms. The summed E-state index contributed by atoms with van der Waals surface area (Å²) in [5.41, 5.74) is 1.17. The Morgan fingerprint density at radius 1 is 1.10 bits per heavy atom. The Morgan fingerprint density at radius 2 is 1.75 bits per heavy atom. The second kappa shape index (κ2) is 7.46. The molecule has 4 heteroatoms. The topological polar surface area (TPSA) is 26.3 Å². The number of halogens is 1. The van der Waals surface area contributed by atoms with Gasteiger partial charge in [0.25, 0.3) is 0 Å². The minimum Gasteiger partial charge on any atom is -0.497 e. The Bertz CT molecular complexity index is 554. The van der Waals surface area contributed by atoms with E-state index in [9.17, 15) is 4.21 Å². The van der Waals surface area contributed by atoms with Crippen LogP contribution >= 0.6 is 11.6 Å². The molecule has 2 nitrogen and oxygen atoms in total. The predicted molar refractivity (Wildman–Crippen MR) is 83.8 cm³/mol. The molecule has 2 aromatic carbocycles. The molecule has 2 aromatic rings. The van der Waals surface area contributed by atoms with Crippen LogP contribution in [0.4, 0.5) is 0 Å². The van der Waals surface area contributed by atoms with Gasteiger partial charge >= 0.3 is 0 Å². The van der Waals surface area contributed by atoms with Gasteiger partial charge in [-0.2, -0.15) is 0 Å². The summed E-state index contributed by atoms with van der Waals surface area (Å²) in [5.74, 6) is 0.837. The van der Waals surface area contributed by atoms with Gasteiger partial charge in [0.2, 0.25) is 0 Å². The van der Waals surface area contributed by atoms with Crippen LogP contribution in [0.3, 0.4) is 0 Å². The van der Waals surface area contributed by atoms with Crippen molar-refractivity contribution < 1.29 is 8.95 Å². The fourth-order valence-electron chi connectivity index (χ4n) is 1.88. The smallest absolute Gasteiger partial charge is 0.118 e. The first-order valence-electron chi connectivity index (χ1n) is 6.43. The molecule has 0 aliphatic heterocycles. The van der Waals surface area contributed by atoms with Gasteiger partial charge in [-0.3, -0.25) is 4.21 Å². The lowest BCUT2D eigenvalue weighted by Gasteiger charge is -2.10. The molecule has 2 rings (SSSR count). The molecule has 106 valence electrons. The van der Waals surface area contributed by atoms with Gasteiger partial charge in [0.1, 0.15) is 10.5 Å². The van der Waals surface area contributed by atoms with Crippen LogP contribution in [0.5, 0.6) is 5.75 Å². The van der Waals surface area contributed by atoms with Crippen molar-refractivity contribution in [3.63, 3.8) is 0 Å². The van der Waals surface area contributed by atoms with E-state index in [1.807, 2.05) is 54.6 Å². The zero-order chi connectivity index (χ0) is 14.4. The third-order valence-corrected chi connectivity index (χ3v) is 5.17. The molecule has 2 atom stereocenters. The number of methoxy groups -OCH3 is 1. The van der Waals surface area contributed by atoms with Crippen LogP contribution in [0.1, 0.15) is 12.0 Å². The summed E-state index contributed by atoms with van der Waals surface area (Å²) in [7, 11) is 0.479. The maximum absolute atomic E-state index is 12.2. The number of hydrogen-bond acceptors (Lipinski definition) is 2.